The van der Waals surface area contributed by atoms with E-state index in [-0.39, 0.29) is 18.3 Å². The molecule has 2 rings (SSSR count). The molecule has 0 bridgehead atoms. The Labute approximate surface area is 131 Å². The molecule has 0 saturated heterocycles. The van der Waals surface area contributed by atoms with Crippen LogP contribution >= 0.6 is 23.1 Å². The van der Waals surface area contributed by atoms with Crippen LogP contribution in [0.5, 0.6) is 0 Å². The van der Waals surface area contributed by atoms with Crippen LogP contribution in [0.25, 0.3) is 10.2 Å². The first kappa shape index (κ1) is 16.0. The SMILES string of the molecule is Cc1sc2nc(SCC(=O)NCCCO)nc(N)c2c1C. The van der Waals surface area contributed by atoms with Crippen molar-refractivity contribution in [3.63, 3.8) is 0 Å². The molecular weight excluding hydrogens is 308 g/mol. The summed E-state index contributed by atoms with van der Waals surface area (Å²) in [6.07, 6.45) is 0.555. The Morgan fingerprint density at radius 2 is 2.19 bits per heavy atom. The number of carbonyl (C=O) groups excluding carboxylic acids is 1. The minimum Gasteiger partial charge on any atom is -0.396 e. The molecule has 6 nitrogen and oxygen atoms in total. The zero-order chi connectivity index (χ0) is 15.4. The van der Waals surface area contributed by atoms with Gasteiger partial charge in [0.1, 0.15) is 10.6 Å². The second-order valence-corrected chi connectivity index (χ2v) is 6.72. The van der Waals surface area contributed by atoms with Crippen LogP contribution in [0.3, 0.4) is 0 Å². The molecule has 0 unspecified atom stereocenters. The molecule has 4 N–H and O–H groups in total. The maximum atomic E-state index is 11.6. The van der Waals surface area contributed by atoms with Crippen LogP contribution in [-0.4, -0.2) is 39.9 Å². The van der Waals surface area contributed by atoms with Gasteiger partial charge in [-0.3, -0.25) is 4.79 Å². The Morgan fingerprint density at radius 3 is 2.90 bits per heavy atom. The number of nitrogens with zero attached hydrogens (tertiary/aromatic N) is 2. The molecule has 0 atom stereocenters. The summed E-state index contributed by atoms with van der Waals surface area (Å²) in [5.41, 5.74) is 7.11. The first-order valence-electron chi connectivity index (χ1n) is 6.56. The van der Waals surface area contributed by atoms with Crippen LogP contribution in [0.4, 0.5) is 5.82 Å². The van der Waals surface area contributed by atoms with Gasteiger partial charge in [0.05, 0.1) is 11.1 Å². The number of anilines is 1. The summed E-state index contributed by atoms with van der Waals surface area (Å²) in [7, 11) is 0. The average molecular weight is 326 g/mol. The van der Waals surface area contributed by atoms with Gasteiger partial charge in [-0.05, 0) is 25.8 Å². The first-order chi connectivity index (χ1) is 10.0. The summed E-state index contributed by atoms with van der Waals surface area (Å²) in [5, 5.41) is 12.8. The lowest BCUT2D eigenvalue weighted by Gasteiger charge is -2.04. The van der Waals surface area contributed by atoms with Gasteiger partial charge in [0, 0.05) is 18.0 Å². The highest BCUT2D eigenvalue weighted by Gasteiger charge is 2.13. The highest BCUT2D eigenvalue weighted by atomic mass is 32.2. The third kappa shape index (κ3) is 3.84. The summed E-state index contributed by atoms with van der Waals surface area (Å²) < 4.78 is 0. The molecule has 0 aliphatic rings. The van der Waals surface area contributed by atoms with Crippen LogP contribution in [-0.2, 0) is 4.79 Å². The van der Waals surface area contributed by atoms with Gasteiger partial charge in [0.2, 0.25) is 5.91 Å². The van der Waals surface area contributed by atoms with Crippen molar-refractivity contribution in [2.75, 3.05) is 24.6 Å². The first-order valence-corrected chi connectivity index (χ1v) is 8.36. The zero-order valence-electron chi connectivity index (χ0n) is 12.0. The topological polar surface area (TPSA) is 101 Å². The molecule has 0 spiro atoms. The zero-order valence-corrected chi connectivity index (χ0v) is 13.6. The van der Waals surface area contributed by atoms with E-state index >= 15 is 0 Å². The number of rotatable bonds is 6. The lowest BCUT2D eigenvalue weighted by molar-refractivity contribution is -0.118. The normalized spacial score (nSPS) is 11.0. The number of nitrogen functional groups attached to an aromatic ring is 1. The number of thioether (sulfide) groups is 1. The Morgan fingerprint density at radius 1 is 1.43 bits per heavy atom. The van der Waals surface area contributed by atoms with Gasteiger partial charge in [-0.15, -0.1) is 11.3 Å². The average Bonchev–Trinajstić information content (AvgIpc) is 2.72. The molecule has 0 saturated carbocycles. The number of hydrogen-bond donors (Lipinski definition) is 3. The smallest absolute Gasteiger partial charge is 0.230 e. The summed E-state index contributed by atoms with van der Waals surface area (Å²) >= 11 is 2.85. The maximum absolute atomic E-state index is 11.6. The van der Waals surface area contributed by atoms with Crippen molar-refractivity contribution in [3.05, 3.63) is 10.4 Å². The molecule has 0 aliphatic carbocycles. The molecule has 2 aromatic heterocycles. The molecule has 2 aromatic rings. The van der Waals surface area contributed by atoms with Gasteiger partial charge in [0.15, 0.2) is 5.16 Å². The van der Waals surface area contributed by atoms with Gasteiger partial charge in [0.25, 0.3) is 0 Å². The van der Waals surface area contributed by atoms with Crippen LogP contribution in [0.15, 0.2) is 5.16 Å². The number of carbonyl (C=O) groups is 1. The second-order valence-electron chi connectivity index (χ2n) is 4.57. The second kappa shape index (κ2) is 7.06. The van der Waals surface area contributed by atoms with E-state index in [4.69, 9.17) is 10.8 Å². The van der Waals surface area contributed by atoms with Crippen molar-refractivity contribution in [1.29, 1.82) is 0 Å². The van der Waals surface area contributed by atoms with E-state index in [1.165, 1.54) is 16.6 Å². The van der Waals surface area contributed by atoms with E-state index in [1.807, 2.05) is 13.8 Å². The number of fused-ring (bicyclic) bond motifs is 1. The molecule has 2 heterocycles. The Balaban J connectivity index is 2.04. The number of nitrogens with one attached hydrogen (secondary N) is 1. The molecular formula is C13H18N4O2S2. The van der Waals surface area contributed by atoms with Crippen LogP contribution in [0, 0.1) is 13.8 Å². The van der Waals surface area contributed by atoms with Crippen molar-refractivity contribution in [2.45, 2.75) is 25.4 Å². The Bertz CT molecular complexity index is 657. The monoisotopic (exact) mass is 326 g/mol. The van der Waals surface area contributed by atoms with Crippen molar-refractivity contribution >= 4 is 45.0 Å². The molecule has 114 valence electrons. The predicted molar refractivity (Wildman–Crippen MR) is 86.7 cm³/mol. The molecule has 0 aliphatic heterocycles. The van der Waals surface area contributed by atoms with E-state index in [2.05, 4.69) is 15.3 Å². The van der Waals surface area contributed by atoms with Crippen molar-refractivity contribution in [1.82, 2.24) is 15.3 Å². The number of aromatic nitrogens is 2. The van der Waals surface area contributed by atoms with Crippen molar-refractivity contribution < 1.29 is 9.90 Å². The quantitative estimate of drug-likeness (QED) is 0.422. The van der Waals surface area contributed by atoms with Gasteiger partial charge in [-0.25, -0.2) is 9.97 Å². The lowest BCUT2D eigenvalue weighted by atomic mass is 10.2. The third-order valence-corrected chi connectivity index (χ3v) is 4.97. The van der Waals surface area contributed by atoms with E-state index in [0.717, 1.165) is 15.8 Å². The van der Waals surface area contributed by atoms with Gasteiger partial charge < -0.3 is 16.2 Å². The van der Waals surface area contributed by atoms with E-state index < -0.39 is 0 Å². The predicted octanol–water partition coefficient (Wildman–Crippen LogP) is 1.48. The minimum absolute atomic E-state index is 0.0703. The van der Waals surface area contributed by atoms with Crippen LogP contribution in [0.1, 0.15) is 16.9 Å². The number of hydrogen-bond acceptors (Lipinski definition) is 7. The molecule has 0 fully saturated rings. The fraction of sp³-hybridized carbons (Fsp3) is 0.462. The van der Waals surface area contributed by atoms with Gasteiger partial charge in [-0.2, -0.15) is 0 Å². The molecule has 21 heavy (non-hydrogen) atoms. The van der Waals surface area contributed by atoms with E-state index in [1.54, 1.807) is 11.3 Å². The summed E-state index contributed by atoms with van der Waals surface area (Å²) in [6, 6.07) is 0. The molecule has 8 heteroatoms. The summed E-state index contributed by atoms with van der Waals surface area (Å²) in [5.74, 6) is 0.596. The van der Waals surface area contributed by atoms with Crippen LogP contribution < -0.4 is 11.1 Å². The number of aliphatic hydroxyl groups is 1. The minimum atomic E-state index is -0.103. The molecule has 1 amide bonds. The summed E-state index contributed by atoms with van der Waals surface area (Å²) in [6.45, 7) is 4.58. The maximum Gasteiger partial charge on any atom is 0.230 e. The van der Waals surface area contributed by atoms with Crippen LogP contribution in [0.2, 0.25) is 0 Å². The molecule has 0 radical (unpaired) electrons. The van der Waals surface area contributed by atoms with E-state index in [9.17, 15) is 4.79 Å². The number of nitrogens with two attached hydrogens (primary N) is 1. The summed E-state index contributed by atoms with van der Waals surface area (Å²) in [4.78, 5) is 22.4. The van der Waals surface area contributed by atoms with Gasteiger partial charge >= 0.3 is 0 Å². The van der Waals surface area contributed by atoms with E-state index in [0.29, 0.717) is 23.9 Å². The van der Waals surface area contributed by atoms with Crippen molar-refractivity contribution in [2.24, 2.45) is 0 Å². The highest BCUT2D eigenvalue weighted by Crippen LogP contribution is 2.33. The highest BCUT2D eigenvalue weighted by molar-refractivity contribution is 7.99. The number of aliphatic hydroxyl groups excluding tert-OH is 1. The Kier molecular flexibility index (Phi) is 5.38. The van der Waals surface area contributed by atoms with Gasteiger partial charge in [-0.1, -0.05) is 11.8 Å². The number of thiophene rings is 1. The largest absolute Gasteiger partial charge is 0.396 e. The fourth-order valence-corrected chi connectivity index (χ4v) is 3.59. The number of amides is 1. The number of aryl methyl sites for hydroxylation is 2. The fourth-order valence-electron chi connectivity index (χ4n) is 1.81. The third-order valence-electron chi connectivity index (χ3n) is 3.03. The standard InChI is InChI=1S/C13H18N4O2S2/c1-7-8(2)21-12-10(7)11(14)16-13(17-12)20-6-9(19)15-4-3-5-18/h18H,3-6H2,1-2H3,(H,15,19)(H2,14,16,17). The molecule has 0 aromatic carbocycles. The lowest BCUT2D eigenvalue weighted by Crippen LogP contribution is -2.26. The Hall–Kier alpha value is -1.38. The van der Waals surface area contributed by atoms with Crippen molar-refractivity contribution in [3.8, 4) is 0 Å².